The zero-order valence-corrected chi connectivity index (χ0v) is 22.7. The van der Waals surface area contributed by atoms with Crippen molar-refractivity contribution >= 4 is 11.7 Å². The number of nitrogens with zero attached hydrogens (tertiary/aromatic N) is 6. The Morgan fingerprint density at radius 2 is 1.69 bits per heavy atom. The van der Waals surface area contributed by atoms with Gasteiger partial charge in [-0.1, -0.05) is 43.3 Å². The van der Waals surface area contributed by atoms with Crippen molar-refractivity contribution in [3.8, 4) is 0 Å². The molecule has 0 aliphatic carbocycles. The van der Waals surface area contributed by atoms with Gasteiger partial charge in [0.05, 0.1) is 24.2 Å². The average molecular weight is 531 g/mol. The monoisotopic (exact) mass is 530 g/mol. The van der Waals surface area contributed by atoms with E-state index < -0.39 is 5.60 Å². The second-order valence-corrected chi connectivity index (χ2v) is 10.9. The molecule has 0 spiro atoms. The lowest BCUT2D eigenvalue weighted by molar-refractivity contribution is -0.136. The van der Waals surface area contributed by atoms with Crippen LogP contribution in [0.25, 0.3) is 0 Å². The molecule has 0 bridgehead atoms. The van der Waals surface area contributed by atoms with E-state index in [2.05, 4.69) is 26.7 Å². The van der Waals surface area contributed by atoms with E-state index >= 15 is 0 Å². The first-order valence-electron chi connectivity index (χ1n) is 13.9. The molecule has 206 valence electrons. The fourth-order valence-corrected chi connectivity index (χ4v) is 5.50. The van der Waals surface area contributed by atoms with Crippen LogP contribution in [0.1, 0.15) is 43.4 Å². The summed E-state index contributed by atoms with van der Waals surface area (Å²) in [5, 5.41) is 11.2. The number of likely N-dealkylation sites (tertiary alicyclic amines) is 1. The molecule has 2 aliphatic heterocycles. The first-order valence-corrected chi connectivity index (χ1v) is 13.9. The smallest absolute Gasteiger partial charge is 0.255 e. The van der Waals surface area contributed by atoms with Crippen LogP contribution in [0.3, 0.4) is 0 Å². The molecule has 1 aromatic carbocycles. The lowest BCUT2D eigenvalue weighted by Gasteiger charge is -2.39. The number of carbonyl (C=O) groups is 1. The average Bonchev–Trinajstić information content (AvgIpc) is 2.96. The summed E-state index contributed by atoms with van der Waals surface area (Å²) in [6, 6.07) is 17.6. The third-order valence-electron chi connectivity index (χ3n) is 8.03. The summed E-state index contributed by atoms with van der Waals surface area (Å²) in [6.45, 7) is 7.37. The van der Waals surface area contributed by atoms with Crippen molar-refractivity contribution in [1.29, 1.82) is 0 Å². The van der Waals surface area contributed by atoms with Gasteiger partial charge >= 0.3 is 0 Å². The maximum atomic E-state index is 12.9. The summed E-state index contributed by atoms with van der Waals surface area (Å²) in [4.78, 5) is 41.1. The molecule has 2 saturated heterocycles. The molecule has 1 atom stereocenters. The number of hydrogen-bond donors (Lipinski definition) is 1. The molecule has 9 heteroatoms. The van der Waals surface area contributed by atoms with Crippen molar-refractivity contribution in [3.63, 3.8) is 0 Å². The summed E-state index contributed by atoms with van der Waals surface area (Å²) < 4.78 is 1.50. The zero-order chi connectivity index (χ0) is 27.2. The van der Waals surface area contributed by atoms with Crippen LogP contribution in [0.4, 0.5) is 5.82 Å². The minimum atomic E-state index is -1.04. The van der Waals surface area contributed by atoms with Gasteiger partial charge in [0.15, 0.2) is 0 Å². The van der Waals surface area contributed by atoms with Gasteiger partial charge in [-0.2, -0.15) is 0 Å². The number of rotatable bonds is 8. The van der Waals surface area contributed by atoms with Gasteiger partial charge in [-0.15, -0.1) is 0 Å². The van der Waals surface area contributed by atoms with E-state index in [9.17, 15) is 14.7 Å². The predicted molar refractivity (Wildman–Crippen MR) is 150 cm³/mol. The lowest BCUT2D eigenvalue weighted by Crippen LogP contribution is -2.50. The van der Waals surface area contributed by atoms with E-state index in [0.29, 0.717) is 38.2 Å². The summed E-state index contributed by atoms with van der Waals surface area (Å²) >= 11 is 0. The summed E-state index contributed by atoms with van der Waals surface area (Å²) in [5.74, 6) is 0.928. The number of aliphatic hydroxyl groups is 1. The van der Waals surface area contributed by atoms with Gasteiger partial charge in [0, 0.05) is 64.5 Å². The molecule has 2 aliphatic rings. The van der Waals surface area contributed by atoms with Crippen molar-refractivity contribution in [2.75, 3.05) is 44.2 Å². The maximum absolute atomic E-state index is 12.9. The minimum absolute atomic E-state index is 0.108. The Morgan fingerprint density at radius 1 is 0.974 bits per heavy atom. The van der Waals surface area contributed by atoms with E-state index in [1.807, 2.05) is 59.6 Å². The molecule has 1 unspecified atom stereocenters. The van der Waals surface area contributed by atoms with Crippen molar-refractivity contribution in [3.05, 3.63) is 88.7 Å². The zero-order valence-electron chi connectivity index (χ0n) is 22.7. The molecule has 0 saturated carbocycles. The normalized spacial score (nSPS) is 18.6. The summed E-state index contributed by atoms with van der Waals surface area (Å²) in [5.41, 5.74) is 1.01. The van der Waals surface area contributed by atoms with Crippen LogP contribution in [0.15, 0.2) is 71.9 Å². The third-order valence-corrected chi connectivity index (χ3v) is 8.03. The highest BCUT2D eigenvalue weighted by Gasteiger charge is 2.35. The second kappa shape index (κ2) is 12.1. The Bertz CT molecular complexity index is 1280. The summed E-state index contributed by atoms with van der Waals surface area (Å²) in [6.07, 6.45) is 4.69. The second-order valence-electron chi connectivity index (χ2n) is 10.9. The van der Waals surface area contributed by atoms with Crippen molar-refractivity contribution in [1.82, 2.24) is 24.3 Å². The SMILES string of the molecule is CC(CC(=O)N1CCC(O)(Cn2cnc(N3CCN(Cc4ccccn4)CC3)cc2=O)CC1)c1ccccc1. The van der Waals surface area contributed by atoms with Gasteiger partial charge in [0.25, 0.3) is 5.56 Å². The minimum Gasteiger partial charge on any atom is -0.388 e. The first kappa shape index (κ1) is 27.0. The van der Waals surface area contributed by atoms with Gasteiger partial charge in [-0.05, 0) is 36.5 Å². The van der Waals surface area contributed by atoms with Crippen LogP contribution >= 0.6 is 0 Å². The van der Waals surface area contributed by atoms with E-state index in [4.69, 9.17) is 0 Å². The molecule has 0 radical (unpaired) electrons. The number of amides is 1. The topological polar surface area (TPSA) is 94.8 Å². The van der Waals surface area contributed by atoms with Crippen LogP contribution in [0.5, 0.6) is 0 Å². The molecule has 3 aromatic rings. The number of hydrogen-bond acceptors (Lipinski definition) is 7. The molecule has 2 fully saturated rings. The van der Waals surface area contributed by atoms with E-state index in [0.717, 1.165) is 44.0 Å². The quantitative estimate of drug-likeness (QED) is 0.478. The number of carbonyl (C=O) groups excluding carboxylic acids is 1. The number of piperidine rings is 1. The predicted octanol–water partition coefficient (Wildman–Crippen LogP) is 2.51. The lowest BCUT2D eigenvalue weighted by atomic mass is 9.90. The molecule has 39 heavy (non-hydrogen) atoms. The number of aromatic nitrogens is 3. The summed E-state index contributed by atoms with van der Waals surface area (Å²) in [7, 11) is 0. The van der Waals surface area contributed by atoms with Gasteiger partial charge in [0.1, 0.15) is 5.82 Å². The largest absolute Gasteiger partial charge is 0.388 e. The van der Waals surface area contributed by atoms with Crippen LogP contribution in [0, 0.1) is 0 Å². The number of pyridine rings is 1. The third kappa shape index (κ3) is 6.91. The Labute approximate surface area is 229 Å². The molecular formula is C30H38N6O3. The van der Waals surface area contributed by atoms with Crippen molar-refractivity contribution in [2.24, 2.45) is 0 Å². The van der Waals surface area contributed by atoms with Crippen LogP contribution in [-0.4, -0.2) is 80.2 Å². The first-order chi connectivity index (χ1) is 18.9. The molecule has 9 nitrogen and oxygen atoms in total. The highest BCUT2D eigenvalue weighted by atomic mass is 16.3. The van der Waals surface area contributed by atoms with Gasteiger partial charge in [-0.25, -0.2) is 4.98 Å². The van der Waals surface area contributed by atoms with E-state index in [1.54, 1.807) is 12.4 Å². The maximum Gasteiger partial charge on any atom is 0.255 e. The fraction of sp³-hybridized carbons (Fsp3) is 0.467. The van der Waals surface area contributed by atoms with Crippen molar-refractivity contribution < 1.29 is 9.90 Å². The molecule has 1 N–H and O–H groups in total. The Kier molecular flexibility index (Phi) is 8.38. The standard InChI is InChI=1S/C30H38N6O3/c1-24(25-7-3-2-4-8-25)19-28(37)35-13-10-30(39,11-14-35)22-36-23-32-27(20-29(36)38)34-17-15-33(16-18-34)21-26-9-5-6-12-31-26/h2-9,12,20,23-24,39H,10-11,13-19,21-22H2,1H3. The molecule has 5 rings (SSSR count). The number of anilines is 1. The molecule has 2 aromatic heterocycles. The van der Waals surface area contributed by atoms with Crippen LogP contribution in [-0.2, 0) is 17.9 Å². The number of piperazine rings is 1. The number of benzene rings is 1. The Morgan fingerprint density at radius 3 is 2.36 bits per heavy atom. The fourth-order valence-electron chi connectivity index (χ4n) is 5.50. The molecule has 4 heterocycles. The molecule has 1 amide bonds. The van der Waals surface area contributed by atoms with Crippen LogP contribution < -0.4 is 10.5 Å². The highest BCUT2D eigenvalue weighted by Crippen LogP contribution is 2.26. The Balaban J connectivity index is 1.11. The van der Waals surface area contributed by atoms with E-state index in [1.165, 1.54) is 4.57 Å². The van der Waals surface area contributed by atoms with Gasteiger partial charge < -0.3 is 14.9 Å². The van der Waals surface area contributed by atoms with Gasteiger partial charge in [0.2, 0.25) is 5.91 Å². The molecular weight excluding hydrogens is 492 g/mol. The Hall–Kier alpha value is -3.56. The van der Waals surface area contributed by atoms with Crippen LogP contribution in [0.2, 0.25) is 0 Å². The van der Waals surface area contributed by atoms with E-state index in [-0.39, 0.29) is 23.9 Å². The highest BCUT2D eigenvalue weighted by molar-refractivity contribution is 5.77. The van der Waals surface area contributed by atoms with Crippen molar-refractivity contribution in [2.45, 2.75) is 50.8 Å². The van der Waals surface area contributed by atoms with Gasteiger partial charge in [-0.3, -0.25) is 24.0 Å².